The first-order chi connectivity index (χ1) is 16.8. The maximum atomic E-state index is 13.4. The first-order valence-corrected chi connectivity index (χ1v) is 12.4. The molecule has 1 aliphatic rings. The molecule has 6 heteroatoms. The predicted octanol–water partition coefficient (Wildman–Crippen LogP) is 6.66. The fraction of sp³-hybridized carbons (Fsp3) is 0.207. The third-order valence-corrected chi connectivity index (χ3v) is 7.44. The summed E-state index contributed by atoms with van der Waals surface area (Å²) < 4.78 is 0.955. The number of rotatable bonds is 4. The maximum Gasteiger partial charge on any atom is 0.301 e. The standard InChI is InChI=1S/C29H26N2O3S/c1-16(2)19-10-12-20(13-11-19)25-23(26(32)21-8-6-5-7-9-21)27(33)28(34)31(25)29-30-24-18(4)14-17(3)15-22(24)35-29/h5-16,25,32H,1-4H3. The maximum absolute atomic E-state index is 13.4. The van der Waals surface area contributed by atoms with Crippen molar-refractivity contribution in [2.45, 2.75) is 39.7 Å². The highest BCUT2D eigenvalue weighted by molar-refractivity contribution is 7.22. The third kappa shape index (κ3) is 3.94. The summed E-state index contributed by atoms with van der Waals surface area (Å²) in [5.74, 6) is -1.24. The lowest BCUT2D eigenvalue weighted by atomic mass is 9.93. The number of Topliss-reactive ketones (excluding diaryl/α,β-unsaturated/α-hetero) is 1. The Kier molecular flexibility index (Phi) is 5.77. The Morgan fingerprint density at radius 3 is 2.34 bits per heavy atom. The van der Waals surface area contributed by atoms with Crippen molar-refractivity contribution in [3.63, 3.8) is 0 Å². The predicted molar refractivity (Wildman–Crippen MR) is 141 cm³/mol. The first kappa shape index (κ1) is 23.0. The zero-order valence-electron chi connectivity index (χ0n) is 20.1. The summed E-state index contributed by atoms with van der Waals surface area (Å²) in [6.07, 6.45) is 0. The fourth-order valence-corrected chi connectivity index (χ4v) is 5.79. The Hall–Kier alpha value is -3.77. The molecule has 0 saturated carbocycles. The van der Waals surface area contributed by atoms with Crippen LogP contribution in [0.3, 0.4) is 0 Å². The van der Waals surface area contributed by atoms with Crippen LogP contribution < -0.4 is 4.90 Å². The van der Waals surface area contributed by atoms with Crippen molar-refractivity contribution >= 4 is 44.1 Å². The number of amides is 1. The van der Waals surface area contributed by atoms with E-state index < -0.39 is 17.7 Å². The Balaban J connectivity index is 1.73. The van der Waals surface area contributed by atoms with Crippen molar-refractivity contribution in [2.24, 2.45) is 0 Å². The van der Waals surface area contributed by atoms with Gasteiger partial charge in [0.2, 0.25) is 0 Å². The van der Waals surface area contributed by atoms with E-state index in [1.54, 1.807) is 24.3 Å². The molecule has 35 heavy (non-hydrogen) atoms. The number of hydrogen-bond acceptors (Lipinski definition) is 5. The van der Waals surface area contributed by atoms with Crippen molar-refractivity contribution in [1.29, 1.82) is 0 Å². The minimum Gasteiger partial charge on any atom is -0.507 e. The molecule has 0 bridgehead atoms. The van der Waals surface area contributed by atoms with E-state index >= 15 is 0 Å². The molecular weight excluding hydrogens is 456 g/mol. The minimum absolute atomic E-state index is 0.0747. The number of carbonyl (C=O) groups is 2. The van der Waals surface area contributed by atoms with E-state index in [0.29, 0.717) is 16.6 Å². The van der Waals surface area contributed by atoms with E-state index in [2.05, 4.69) is 19.9 Å². The highest BCUT2D eigenvalue weighted by Gasteiger charge is 2.48. The molecule has 1 amide bonds. The molecule has 1 aromatic heterocycles. The molecular formula is C29H26N2O3S. The number of nitrogens with zero attached hydrogens (tertiary/aromatic N) is 2. The van der Waals surface area contributed by atoms with Gasteiger partial charge in [-0.15, -0.1) is 0 Å². The van der Waals surface area contributed by atoms with Crippen LogP contribution in [0.25, 0.3) is 16.0 Å². The normalized spacial score (nSPS) is 17.6. The Labute approximate surface area is 208 Å². The van der Waals surface area contributed by atoms with Crippen molar-refractivity contribution in [1.82, 2.24) is 4.98 Å². The number of fused-ring (bicyclic) bond motifs is 1. The number of aliphatic hydroxyl groups excluding tert-OH is 1. The molecule has 3 aromatic carbocycles. The molecule has 1 unspecified atom stereocenters. The first-order valence-electron chi connectivity index (χ1n) is 11.6. The molecule has 0 radical (unpaired) electrons. The number of carbonyl (C=O) groups excluding carboxylic acids is 2. The number of aryl methyl sites for hydroxylation is 2. The van der Waals surface area contributed by atoms with Gasteiger partial charge >= 0.3 is 5.91 Å². The lowest BCUT2D eigenvalue weighted by molar-refractivity contribution is -0.132. The topological polar surface area (TPSA) is 70.5 Å². The summed E-state index contributed by atoms with van der Waals surface area (Å²) in [5, 5.41) is 11.7. The van der Waals surface area contributed by atoms with E-state index in [4.69, 9.17) is 4.98 Å². The molecule has 4 aromatic rings. The van der Waals surface area contributed by atoms with E-state index in [-0.39, 0.29) is 11.3 Å². The lowest BCUT2D eigenvalue weighted by Gasteiger charge is -2.23. The number of aromatic nitrogens is 1. The summed E-state index contributed by atoms with van der Waals surface area (Å²) in [6, 6.07) is 20.1. The molecule has 1 saturated heterocycles. The van der Waals surface area contributed by atoms with Crippen LogP contribution in [-0.4, -0.2) is 21.8 Å². The lowest BCUT2D eigenvalue weighted by Crippen LogP contribution is -2.29. The van der Waals surface area contributed by atoms with Gasteiger partial charge in [-0.1, -0.05) is 85.8 Å². The van der Waals surface area contributed by atoms with Crippen molar-refractivity contribution in [3.05, 3.63) is 100 Å². The number of aliphatic hydroxyl groups is 1. The van der Waals surface area contributed by atoms with Crippen LogP contribution >= 0.6 is 11.3 Å². The highest BCUT2D eigenvalue weighted by Crippen LogP contribution is 2.44. The van der Waals surface area contributed by atoms with E-state index in [0.717, 1.165) is 32.5 Å². The van der Waals surface area contributed by atoms with Crippen LogP contribution in [0, 0.1) is 13.8 Å². The van der Waals surface area contributed by atoms with Gasteiger partial charge in [0.15, 0.2) is 5.13 Å². The van der Waals surface area contributed by atoms with Gasteiger partial charge in [-0.25, -0.2) is 4.98 Å². The van der Waals surface area contributed by atoms with Crippen LogP contribution in [-0.2, 0) is 9.59 Å². The number of hydrogen-bond donors (Lipinski definition) is 1. The largest absolute Gasteiger partial charge is 0.507 e. The fourth-order valence-electron chi connectivity index (χ4n) is 4.62. The molecule has 5 rings (SSSR count). The molecule has 1 aliphatic heterocycles. The van der Waals surface area contributed by atoms with Gasteiger partial charge in [0.05, 0.1) is 21.8 Å². The van der Waals surface area contributed by atoms with E-state index in [1.165, 1.54) is 16.2 Å². The zero-order chi connectivity index (χ0) is 24.9. The van der Waals surface area contributed by atoms with Crippen molar-refractivity contribution < 1.29 is 14.7 Å². The monoisotopic (exact) mass is 482 g/mol. The van der Waals surface area contributed by atoms with Gasteiger partial charge in [0.25, 0.3) is 5.78 Å². The molecule has 1 atom stereocenters. The molecule has 1 N–H and O–H groups in total. The van der Waals surface area contributed by atoms with Crippen LogP contribution in [0.15, 0.2) is 72.3 Å². The summed E-state index contributed by atoms with van der Waals surface area (Å²) in [5.41, 5.74) is 5.40. The van der Waals surface area contributed by atoms with Gasteiger partial charge in [-0.2, -0.15) is 0 Å². The Morgan fingerprint density at radius 1 is 1.00 bits per heavy atom. The van der Waals surface area contributed by atoms with Gasteiger partial charge in [-0.05, 0) is 48.1 Å². The number of ketones is 1. The van der Waals surface area contributed by atoms with Gasteiger partial charge in [0, 0.05) is 5.56 Å². The van der Waals surface area contributed by atoms with Crippen LogP contribution in [0.4, 0.5) is 5.13 Å². The SMILES string of the molecule is Cc1cc(C)c2nc(N3C(=O)C(=O)C(=C(O)c4ccccc4)C3c3ccc(C(C)C)cc3)sc2c1. The third-order valence-electron chi connectivity index (χ3n) is 6.44. The minimum atomic E-state index is -0.779. The van der Waals surface area contributed by atoms with Gasteiger partial charge in [-0.3, -0.25) is 14.5 Å². The smallest absolute Gasteiger partial charge is 0.301 e. The zero-order valence-corrected chi connectivity index (χ0v) is 20.9. The number of thiazole rings is 1. The molecule has 5 nitrogen and oxygen atoms in total. The molecule has 0 spiro atoms. The van der Waals surface area contributed by atoms with Crippen molar-refractivity contribution in [2.75, 3.05) is 4.90 Å². The van der Waals surface area contributed by atoms with Crippen LogP contribution in [0.5, 0.6) is 0 Å². The van der Waals surface area contributed by atoms with E-state index in [1.807, 2.05) is 50.2 Å². The molecule has 1 fully saturated rings. The van der Waals surface area contributed by atoms with Crippen LogP contribution in [0.2, 0.25) is 0 Å². The number of anilines is 1. The highest BCUT2D eigenvalue weighted by atomic mass is 32.1. The summed E-state index contributed by atoms with van der Waals surface area (Å²) >= 11 is 1.38. The second-order valence-corrected chi connectivity index (χ2v) is 10.3. The van der Waals surface area contributed by atoms with Crippen molar-refractivity contribution in [3.8, 4) is 0 Å². The Bertz CT molecular complexity index is 1480. The number of benzene rings is 3. The second kappa shape index (κ2) is 8.78. The molecule has 0 aliphatic carbocycles. The van der Waals surface area contributed by atoms with Gasteiger partial charge < -0.3 is 5.11 Å². The summed E-state index contributed by atoms with van der Waals surface area (Å²) in [6.45, 7) is 8.24. The average Bonchev–Trinajstić information content (AvgIpc) is 3.38. The van der Waals surface area contributed by atoms with Crippen LogP contribution in [0.1, 0.15) is 53.6 Å². The summed E-state index contributed by atoms with van der Waals surface area (Å²) in [4.78, 5) is 33.0. The molecule has 176 valence electrons. The second-order valence-electron chi connectivity index (χ2n) is 9.28. The average molecular weight is 483 g/mol. The Morgan fingerprint density at radius 2 is 1.69 bits per heavy atom. The summed E-state index contributed by atoms with van der Waals surface area (Å²) in [7, 11) is 0. The molecule has 2 heterocycles. The quantitative estimate of drug-likeness (QED) is 0.200. The van der Waals surface area contributed by atoms with Gasteiger partial charge in [0.1, 0.15) is 5.76 Å². The van der Waals surface area contributed by atoms with E-state index in [9.17, 15) is 14.7 Å².